The smallest absolute Gasteiger partial charge is 0.292 e. The van der Waals surface area contributed by atoms with Gasteiger partial charge in [-0.2, -0.15) is 23.5 Å². The molecule has 0 radical (unpaired) electrons. The van der Waals surface area contributed by atoms with Gasteiger partial charge in [-0.3, -0.25) is 10.2 Å². The average molecular weight is 290 g/mol. The zero-order valence-electron chi connectivity index (χ0n) is 9.55. The average Bonchev–Trinajstić information content (AvgIpc) is 2.30. The fraction of sp³-hybridized carbons (Fsp3) is 0.182. The lowest BCUT2D eigenvalue weighted by Crippen LogP contribution is -2.10. The van der Waals surface area contributed by atoms with Crippen molar-refractivity contribution in [3.63, 3.8) is 0 Å². The first-order chi connectivity index (χ1) is 8.75. The van der Waals surface area contributed by atoms with Crippen molar-refractivity contribution in [2.75, 3.05) is 5.43 Å². The SMILES string of the molecule is CC(=O)C(C#N)=NNc1cc(C(F)(F)F)ccc1Cl. The van der Waals surface area contributed by atoms with E-state index in [-0.39, 0.29) is 10.7 Å². The number of nitriles is 1. The Balaban J connectivity index is 3.09. The summed E-state index contributed by atoms with van der Waals surface area (Å²) in [5.74, 6) is -0.613. The number of nitrogens with zero attached hydrogens (tertiary/aromatic N) is 2. The minimum absolute atomic E-state index is 0.0161. The summed E-state index contributed by atoms with van der Waals surface area (Å²) in [5, 5.41) is 12.0. The second kappa shape index (κ2) is 5.71. The standard InChI is InChI=1S/C11H7ClF3N3O/c1-6(19)10(5-16)18-17-9-4-7(11(13,14)15)2-3-8(9)12/h2-4,17H,1H3. The van der Waals surface area contributed by atoms with E-state index in [1.165, 1.54) is 6.07 Å². The topological polar surface area (TPSA) is 65.2 Å². The van der Waals surface area contributed by atoms with Gasteiger partial charge in [-0.05, 0) is 18.2 Å². The highest BCUT2D eigenvalue weighted by molar-refractivity contribution is 6.45. The van der Waals surface area contributed by atoms with Crippen LogP contribution in [0.4, 0.5) is 18.9 Å². The van der Waals surface area contributed by atoms with E-state index in [9.17, 15) is 18.0 Å². The van der Waals surface area contributed by atoms with Crippen LogP contribution in [-0.2, 0) is 11.0 Å². The molecule has 0 aromatic heterocycles. The monoisotopic (exact) mass is 289 g/mol. The van der Waals surface area contributed by atoms with Crippen LogP contribution in [0, 0.1) is 11.3 Å². The van der Waals surface area contributed by atoms with Crippen molar-refractivity contribution < 1.29 is 18.0 Å². The Labute approximate surface area is 111 Å². The molecule has 0 unspecified atom stereocenters. The first-order valence-corrected chi connectivity index (χ1v) is 5.25. The Morgan fingerprint density at radius 3 is 2.58 bits per heavy atom. The van der Waals surface area contributed by atoms with Crippen molar-refractivity contribution in [3.8, 4) is 6.07 Å². The lowest BCUT2D eigenvalue weighted by Gasteiger charge is -2.09. The van der Waals surface area contributed by atoms with Crippen LogP contribution in [-0.4, -0.2) is 11.5 Å². The number of ketones is 1. The summed E-state index contributed by atoms with van der Waals surface area (Å²) in [6, 6.07) is 4.10. The molecule has 100 valence electrons. The number of hydrogen-bond acceptors (Lipinski definition) is 4. The molecule has 0 bridgehead atoms. The van der Waals surface area contributed by atoms with Crippen molar-refractivity contribution in [3.05, 3.63) is 28.8 Å². The van der Waals surface area contributed by atoms with Crippen molar-refractivity contribution in [2.24, 2.45) is 5.10 Å². The van der Waals surface area contributed by atoms with Gasteiger partial charge in [0.05, 0.1) is 16.3 Å². The Kier molecular flexibility index (Phi) is 4.51. The summed E-state index contributed by atoms with van der Waals surface area (Å²) in [6.45, 7) is 1.11. The molecule has 0 aliphatic rings. The summed E-state index contributed by atoms with van der Waals surface area (Å²) < 4.78 is 37.4. The van der Waals surface area contributed by atoms with E-state index in [0.29, 0.717) is 0 Å². The van der Waals surface area contributed by atoms with Crippen molar-refractivity contribution in [2.45, 2.75) is 13.1 Å². The molecule has 4 nitrogen and oxygen atoms in total. The molecule has 19 heavy (non-hydrogen) atoms. The third-order valence-corrected chi connectivity index (χ3v) is 2.35. The van der Waals surface area contributed by atoms with Crippen LogP contribution in [0.5, 0.6) is 0 Å². The van der Waals surface area contributed by atoms with Gasteiger partial charge in [0, 0.05) is 6.92 Å². The first kappa shape index (κ1) is 15.0. The van der Waals surface area contributed by atoms with Gasteiger partial charge < -0.3 is 0 Å². The lowest BCUT2D eigenvalue weighted by atomic mass is 10.2. The Bertz CT molecular complexity index is 576. The van der Waals surface area contributed by atoms with Gasteiger partial charge in [-0.15, -0.1) is 0 Å². The van der Waals surface area contributed by atoms with Gasteiger partial charge in [-0.25, -0.2) is 0 Å². The number of rotatable bonds is 3. The molecular weight excluding hydrogens is 283 g/mol. The number of hydrogen-bond donors (Lipinski definition) is 1. The van der Waals surface area contributed by atoms with Gasteiger partial charge in [0.15, 0.2) is 5.78 Å². The number of halogens is 4. The van der Waals surface area contributed by atoms with Gasteiger partial charge in [0.1, 0.15) is 6.07 Å². The minimum atomic E-state index is -4.52. The molecule has 1 rings (SSSR count). The van der Waals surface area contributed by atoms with E-state index >= 15 is 0 Å². The quantitative estimate of drug-likeness (QED) is 0.686. The number of carbonyl (C=O) groups excluding carboxylic acids is 1. The zero-order chi connectivity index (χ0) is 14.6. The van der Waals surface area contributed by atoms with Crippen LogP contribution < -0.4 is 5.43 Å². The second-order valence-corrected chi connectivity index (χ2v) is 3.84. The van der Waals surface area contributed by atoms with Gasteiger partial charge in [0.2, 0.25) is 5.71 Å². The molecule has 0 fully saturated rings. The Hall–Kier alpha value is -2.07. The molecule has 0 saturated carbocycles. The van der Waals surface area contributed by atoms with Crippen LogP contribution in [0.15, 0.2) is 23.3 Å². The van der Waals surface area contributed by atoms with E-state index in [1.54, 1.807) is 0 Å². The van der Waals surface area contributed by atoms with E-state index < -0.39 is 23.2 Å². The maximum absolute atomic E-state index is 12.5. The molecule has 0 aliphatic carbocycles. The van der Waals surface area contributed by atoms with Crippen molar-refractivity contribution in [1.29, 1.82) is 5.26 Å². The maximum atomic E-state index is 12.5. The second-order valence-electron chi connectivity index (χ2n) is 3.43. The number of anilines is 1. The fourth-order valence-electron chi connectivity index (χ4n) is 1.09. The molecule has 0 saturated heterocycles. The highest BCUT2D eigenvalue weighted by Crippen LogP contribution is 2.33. The molecular formula is C11H7ClF3N3O. The Morgan fingerprint density at radius 2 is 2.11 bits per heavy atom. The highest BCUT2D eigenvalue weighted by atomic mass is 35.5. The summed E-state index contributed by atoms with van der Waals surface area (Å²) in [5.41, 5.74) is 0.638. The number of nitrogens with one attached hydrogen (secondary N) is 1. The Morgan fingerprint density at radius 1 is 1.47 bits per heavy atom. The largest absolute Gasteiger partial charge is 0.416 e. The number of carbonyl (C=O) groups is 1. The summed E-state index contributed by atoms with van der Waals surface area (Å²) in [7, 11) is 0. The molecule has 1 aromatic rings. The summed E-state index contributed by atoms with van der Waals surface area (Å²) >= 11 is 5.69. The van der Waals surface area contributed by atoms with Crippen molar-refractivity contribution >= 4 is 28.8 Å². The maximum Gasteiger partial charge on any atom is 0.416 e. The van der Waals surface area contributed by atoms with Crippen LogP contribution in [0.25, 0.3) is 0 Å². The number of benzene rings is 1. The fourth-order valence-corrected chi connectivity index (χ4v) is 1.25. The molecule has 0 spiro atoms. The molecule has 0 aliphatic heterocycles. The molecule has 1 aromatic carbocycles. The molecule has 0 heterocycles. The first-order valence-electron chi connectivity index (χ1n) is 4.87. The molecule has 0 amide bonds. The number of Topliss-reactive ketones (excluding diaryl/α,β-unsaturated/α-hetero) is 1. The van der Waals surface area contributed by atoms with Crippen LogP contribution in [0.2, 0.25) is 5.02 Å². The van der Waals surface area contributed by atoms with Gasteiger partial charge >= 0.3 is 6.18 Å². The lowest BCUT2D eigenvalue weighted by molar-refractivity contribution is -0.137. The summed E-state index contributed by atoms with van der Waals surface area (Å²) in [4.78, 5) is 10.9. The van der Waals surface area contributed by atoms with Crippen molar-refractivity contribution in [1.82, 2.24) is 0 Å². The van der Waals surface area contributed by atoms with E-state index in [4.69, 9.17) is 16.9 Å². The molecule has 0 atom stereocenters. The third-order valence-electron chi connectivity index (χ3n) is 2.02. The van der Waals surface area contributed by atoms with E-state index in [0.717, 1.165) is 25.1 Å². The predicted molar refractivity (Wildman–Crippen MR) is 63.8 cm³/mol. The number of alkyl halides is 3. The molecule has 8 heteroatoms. The van der Waals surface area contributed by atoms with Crippen LogP contribution in [0.1, 0.15) is 12.5 Å². The normalized spacial score (nSPS) is 11.9. The van der Waals surface area contributed by atoms with Gasteiger partial charge in [-0.1, -0.05) is 11.6 Å². The van der Waals surface area contributed by atoms with Gasteiger partial charge in [0.25, 0.3) is 0 Å². The zero-order valence-corrected chi connectivity index (χ0v) is 10.3. The van der Waals surface area contributed by atoms with Crippen LogP contribution in [0.3, 0.4) is 0 Å². The summed E-state index contributed by atoms with van der Waals surface area (Å²) in [6.07, 6.45) is -4.52. The minimum Gasteiger partial charge on any atom is -0.292 e. The predicted octanol–water partition coefficient (Wildman–Crippen LogP) is 3.24. The number of hydrazone groups is 1. The van der Waals surface area contributed by atoms with Crippen LogP contribution >= 0.6 is 11.6 Å². The van der Waals surface area contributed by atoms with E-state index in [1.807, 2.05) is 0 Å². The molecule has 1 N–H and O–H groups in total. The highest BCUT2D eigenvalue weighted by Gasteiger charge is 2.30. The van der Waals surface area contributed by atoms with E-state index in [2.05, 4.69) is 10.5 Å². The third kappa shape index (κ3) is 3.96.